The Bertz CT molecular complexity index is 1770. The Morgan fingerprint density at radius 3 is 2.27 bits per heavy atom. The molecular formula is C26H21F6N7O. The summed E-state index contributed by atoms with van der Waals surface area (Å²) >= 11 is 0. The van der Waals surface area contributed by atoms with Gasteiger partial charge in [-0.3, -0.25) is 9.98 Å². The number of hydrogen-bond acceptors (Lipinski definition) is 5. The monoisotopic (exact) mass is 561 g/mol. The minimum Gasteiger partial charge on any atom is -0.359 e. The van der Waals surface area contributed by atoms with Crippen molar-refractivity contribution < 1.29 is 31.4 Å². The number of aliphatic hydroxyl groups is 1. The lowest BCUT2D eigenvalue weighted by Gasteiger charge is -2.19. The Balaban J connectivity index is 1.53. The van der Waals surface area contributed by atoms with Crippen LogP contribution in [0.15, 0.2) is 60.9 Å². The second kappa shape index (κ2) is 9.62. The first kappa shape index (κ1) is 27.1. The highest BCUT2D eigenvalue weighted by Crippen LogP contribution is 2.38. The standard InChI is InChI=1S/C26H21F6N7O/c1-37-13-19(26(30,31)32)35-21(37)15-9-7-14(8-10-15)12-39-22-18(38(2)24(39)33)11-34-20(36-22)16-5-3-4-6-17(16)25(28,29)23(27)40/h3-11,13,23,33,40H,12H2,1-2H3. The molecule has 0 aliphatic heterocycles. The van der Waals surface area contributed by atoms with Crippen LogP contribution in [0.25, 0.3) is 33.9 Å². The Hall–Kier alpha value is -4.46. The van der Waals surface area contributed by atoms with Gasteiger partial charge in [0.2, 0.25) is 5.62 Å². The van der Waals surface area contributed by atoms with Crippen LogP contribution in [0, 0.1) is 5.41 Å². The van der Waals surface area contributed by atoms with Crippen LogP contribution in [-0.4, -0.2) is 40.1 Å². The first-order chi connectivity index (χ1) is 18.8. The van der Waals surface area contributed by atoms with E-state index in [1.807, 2.05) is 0 Å². The molecule has 8 nitrogen and oxygen atoms in total. The number of rotatable bonds is 6. The van der Waals surface area contributed by atoms with Crippen molar-refractivity contribution in [2.75, 3.05) is 0 Å². The van der Waals surface area contributed by atoms with Crippen molar-refractivity contribution in [3.8, 4) is 22.8 Å². The van der Waals surface area contributed by atoms with Gasteiger partial charge < -0.3 is 14.2 Å². The topological polar surface area (TPSA) is 97.5 Å². The molecule has 0 radical (unpaired) electrons. The van der Waals surface area contributed by atoms with E-state index in [4.69, 9.17) is 10.5 Å². The molecule has 0 spiro atoms. The highest BCUT2D eigenvalue weighted by molar-refractivity contribution is 5.74. The molecule has 0 saturated heterocycles. The smallest absolute Gasteiger partial charge is 0.359 e. The third-order valence-corrected chi connectivity index (χ3v) is 6.49. The van der Waals surface area contributed by atoms with Crippen LogP contribution in [0.1, 0.15) is 16.8 Å². The predicted octanol–water partition coefficient (Wildman–Crippen LogP) is 4.76. The number of aliphatic hydroxyl groups excluding tert-OH is 1. The zero-order chi connectivity index (χ0) is 29.0. The number of fused-ring (bicyclic) bond motifs is 1. The van der Waals surface area contributed by atoms with Crippen LogP contribution in [0.5, 0.6) is 0 Å². The molecule has 2 N–H and O–H groups in total. The number of nitrogens with one attached hydrogen (secondary N) is 1. The summed E-state index contributed by atoms with van der Waals surface area (Å²) in [7, 11) is 3.07. The van der Waals surface area contributed by atoms with E-state index in [-0.39, 0.29) is 35.0 Å². The second-order valence-corrected chi connectivity index (χ2v) is 9.13. The zero-order valence-corrected chi connectivity index (χ0v) is 21.0. The number of benzene rings is 2. The SMILES string of the molecule is Cn1cc(C(F)(F)F)nc1-c1ccc(Cn2c(=N)n(C)c3cnc(-c4ccccc4C(F)(F)C(O)F)nc32)cc1. The van der Waals surface area contributed by atoms with E-state index in [1.165, 1.54) is 45.1 Å². The van der Waals surface area contributed by atoms with Crippen LogP contribution in [0.2, 0.25) is 0 Å². The first-order valence-corrected chi connectivity index (χ1v) is 11.8. The van der Waals surface area contributed by atoms with Gasteiger partial charge in [0.15, 0.2) is 17.2 Å². The average molecular weight is 561 g/mol. The number of aromatic nitrogens is 6. The van der Waals surface area contributed by atoms with Crippen molar-refractivity contribution in [1.29, 1.82) is 5.41 Å². The Kier molecular flexibility index (Phi) is 6.53. The first-order valence-electron chi connectivity index (χ1n) is 11.8. The van der Waals surface area contributed by atoms with Crippen molar-refractivity contribution in [3.05, 3.63) is 83.4 Å². The van der Waals surface area contributed by atoms with Gasteiger partial charge in [-0.05, 0) is 5.56 Å². The van der Waals surface area contributed by atoms with E-state index in [2.05, 4.69) is 15.0 Å². The van der Waals surface area contributed by atoms with Gasteiger partial charge in [-0.15, -0.1) is 0 Å². The minimum atomic E-state index is -4.58. The summed E-state index contributed by atoms with van der Waals surface area (Å²) in [4.78, 5) is 12.3. The molecule has 0 aliphatic carbocycles. The van der Waals surface area contributed by atoms with E-state index >= 15 is 0 Å². The lowest BCUT2D eigenvalue weighted by Crippen LogP contribution is -2.27. The number of hydrogen-bond donors (Lipinski definition) is 2. The molecule has 0 saturated carbocycles. The highest BCUT2D eigenvalue weighted by atomic mass is 19.4. The molecule has 3 aromatic heterocycles. The van der Waals surface area contributed by atoms with Crippen molar-refractivity contribution in [2.45, 2.75) is 25.0 Å². The van der Waals surface area contributed by atoms with Gasteiger partial charge in [0.05, 0.1) is 12.7 Å². The largest absolute Gasteiger partial charge is 0.434 e. The van der Waals surface area contributed by atoms with Crippen LogP contribution in [0.4, 0.5) is 26.3 Å². The van der Waals surface area contributed by atoms with Crippen molar-refractivity contribution in [3.63, 3.8) is 0 Å². The molecule has 3 heterocycles. The molecular weight excluding hydrogens is 540 g/mol. The summed E-state index contributed by atoms with van der Waals surface area (Å²) in [5.74, 6) is -4.24. The summed E-state index contributed by atoms with van der Waals surface area (Å²) in [6.45, 7) is 0.113. The zero-order valence-electron chi connectivity index (χ0n) is 21.0. The number of alkyl halides is 6. The molecule has 0 fully saturated rings. The van der Waals surface area contributed by atoms with Crippen LogP contribution in [0.3, 0.4) is 0 Å². The predicted molar refractivity (Wildman–Crippen MR) is 132 cm³/mol. The molecule has 0 amide bonds. The number of halogens is 6. The van der Waals surface area contributed by atoms with Gasteiger partial charge in [-0.1, -0.05) is 48.5 Å². The third kappa shape index (κ3) is 4.63. The maximum atomic E-state index is 14.4. The van der Waals surface area contributed by atoms with Gasteiger partial charge in [0, 0.05) is 37.0 Å². The Morgan fingerprint density at radius 1 is 0.975 bits per heavy atom. The van der Waals surface area contributed by atoms with Gasteiger partial charge in [-0.25, -0.2) is 19.3 Å². The van der Waals surface area contributed by atoms with Gasteiger partial charge >= 0.3 is 12.1 Å². The van der Waals surface area contributed by atoms with E-state index < -0.39 is 29.7 Å². The van der Waals surface area contributed by atoms with E-state index in [1.54, 1.807) is 31.3 Å². The summed E-state index contributed by atoms with van der Waals surface area (Å²) in [6.07, 6.45) is -5.75. The molecule has 14 heteroatoms. The number of imidazole rings is 2. The molecule has 40 heavy (non-hydrogen) atoms. The third-order valence-electron chi connectivity index (χ3n) is 6.49. The molecule has 0 bridgehead atoms. The fourth-order valence-corrected chi connectivity index (χ4v) is 4.39. The van der Waals surface area contributed by atoms with Crippen LogP contribution in [-0.2, 0) is 32.7 Å². The fraction of sp³-hybridized carbons (Fsp3) is 0.231. The van der Waals surface area contributed by atoms with Gasteiger partial charge in [0.1, 0.15) is 11.3 Å². The molecule has 0 aliphatic rings. The van der Waals surface area contributed by atoms with E-state index in [0.29, 0.717) is 16.6 Å². The maximum absolute atomic E-state index is 14.4. The quantitative estimate of drug-likeness (QED) is 0.292. The van der Waals surface area contributed by atoms with Crippen molar-refractivity contribution in [2.24, 2.45) is 14.1 Å². The summed E-state index contributed by atoms with van der Waals surface area (Å²) in [6, 6.07) is 11.5. The molecule has 1 unspecified atom stereocenters. The van der Waals surface area contributed by atoms with Gasteiger partial charge in [0.25, 0.3) is 6.36 Å². The minimum absolute atomic E-state index is 0.0160. The molecule has 208 valence electrons. The Morgan fingerprint density at radius 2 is 1.65 bits per heavy atom. The molecule has 5 rings (SSSR count). The van der Waals surface area contributed by atoms with Crippen molar-refractivity contribution in [1.82, 2.24) is 28.7 Å². The summed E-state index contributed by atoms with van der Waals surface area (Å²) < 4.78 is 85.7. The summed E-state index contributed by atoms with van der Waals surface area (Å²) in [5, 5.41) is 17.6. The lowest BCUT2D eigenvalue weighted by molar-refractivity contribution is -0.174. The van der Waals surface area contributed by atoms with E-state index in [0.717, 1.165) is 12.3 Å². The fourth-order valence-electron chi connectivity index (χ4n) is 4.39. The van der Waals surface area contributed by atoms with Crippen molar-refractivity contribution >= 4 is 11.2 Å². The normalized spacial score (nSPS) is 13.2. The number of nitrogens with zero attached hydrogens (tertiary/aromatic N) is 6. The van der Waals surface area contributed by atoms with Gasteiger partial charge in [-0.2, -0.15) is 22.0 Å². The second-order valence-electron chi connectivity index (χ2n) is 9.13. The van der Waals surface area contributed by atoms with E-state index in [9.17, 15) is 26.3 Å². The van der Waals surface area contributed by atoms with Crippen LogP contribution >= 0.6 is 0 Å². The maximum Gasteiger partial charge on any atom is 0.434 e. The Labute approximate surface area is 222 Å². The highest BCUT2D eigenvalue weighted by Gasteiger charge is 2.43. The molecule has 2 aromatic carbocycles. The van der Waals surface area contributed by atoms with Crippen LogP contribution < -0.4 is 5.62 Å². The molecule has 5 aromatic rings. The molecule has 1 atom stereocenters. The number of aryl methyl sites for hydroxylation is 2. The lowest BCUT2D eigenvalue weighted by atomic mass is 10.0. The summed E-state index contributed by atoms with van der Waals surface area (Å²) in [5.41, 5.74) is -0.188. The average Bonchev–Trinajstić information content (AvgIpc) is 3.42.